The number of carbonyl (C=O) groups is 2. The fourth-order valence-electron chi connectivity index (χ4n) is 3.40. The summed E-state index contributed by atoms with van der Waals surface area (Å²) >= 11 is 0. The maximum absolute atomic E-state index is 13.1. The number of hydrogen-bond acceptors (Lipinski definition) is 3. The van der Waals surface area contributed by atoms with E-state index < -0.39 is 17.7 Å². The first-order valence-corrected chi connectivity index (χ1v) is 8.82. The number of aromatic nitrogens is 2. The zero-order valence-corrected chi connectivity index (χ0v) is 15.4. The quantitative estimate of drug-likeness (QED) is 0.708. The maximum atomic E-state index is 13.1. The number of amidine groups is 1. The summed E-state index contributed by atoms with van der Waals surface area (Å²) < 4.78 is 3.16. The van der Waals surface area contributed by atoms with Crippen LogP contribution in [0.4, 0.5) is 0 Å². The van der Waals surface area contributed by atoms with E-state index in [9.17, 15) is 14.4 Å². The van der Waals surface area contributed by atoms with E-state index in [1.54, 1.807) is 42.9 Å². The molecule has 2 aromatic carbocycles. The van der Waals surface area contributed by atoms with E-state index >= 15 is 0 Å². The average molecular weight is 374 g/mol. The normalized spacial score (nSPS) is 16.6. The van der Waals surface area contributed by atoms with Crippen molar-refractivity contribution in [2.75, 3.05) is 0 Å². The molecule has 1 atom stereocenters. The monoisotopic (exact) mass is 374 g/mol. The highest BCUT2D eigenvalue weighted by atomic mass is 16.2. The Bertz CT molecular complexity index is 1160. The Morgan fingerprint density at radius 2 is 1.54 bits per heavy atom. The summed E-state index contributed by atoms with van der Waals surface area (Å²) in [4.78, 5) is 42.4. The van der Waals surface area contributed by atoms with Gasteiger partial charge in [-0.1, -0.05) is 48.5 Å². The number of amides is 2. The van der Waals surface area contributed by atoms with Gasteiger partial charge in [0.25, 0.3) is 11.5 Å². The first-order valence-electron chi connectivity index (χ1n) is 8.82. The third kappa shape index (κ3) is 2.77. The van der Waals surface area contributed by atoms with Crippen molar-refractivity contribution < 1.29 is 9.59 Å². The molecule has 1 N–H and O–H groups in total. The molecule has 4 rings (SSSR count). The molecule has 140 valence electrons. The highest BCUT2D eigenvalue weighted by Gasteiger charge is 2.35. The van der Waals surface area contributed by atoms with Crippen molar-refractivity contribution in [1.29, 1.82) is 0 Å². The Morgan fingerprint density at radius 3 is 2.14 bits per heavy atom. The van der Waals surface area contributed by atoms with Crippen LogP contribution in [0.15, 0.2) is 70.5 Å². The number of benzene rings is 2. The molecule has 1 aromatic heterocycles. The molecule has 0 spiro atoms. The Balaban J connectivity index is 1.80. The van der Waals surface area contributed by atoms with Gasteiger partial charge in [0.1, 0.15) is 11.5 Å². The summed E-state index contributed by atoms with van der Waals surface area (Å²) in [6, 6.07) is 17.9. The van der Waals surface area contributed by atoms with Gasteiger partial charge in [-0.25, -0.2) is 4.68 Å². The molecule has 1 aliphatic heterocycles. The average Bonchev–Trinajstić information content (AvgIpc) is 2.91. The minimum Gasteiger partial charge on any atom is -0.309 e. The van der Waals surface area contributed by atoms with Gasteiger partial charge in [-0.15, -0.1) is 0 Å². The summed E-state index contributed by atoms with van der Waals surface area (Å²) in [6.45, 7) is 1.75. The van der Waals surface area contributed by atoms with Crippen molar-refractivity contribution in [2.45, 2.75) is 12.8 Å². The molecule has 0 saturated carbocycles. The fourth-order valence-corrected chi connectivity index (χ4v) is 3.40. The number of carbonyl (C=O) groups excluding carboxylic acids is 2. The second-order valence-corrected chi connectivity index (χ2v) is 6.57. The van der Waals surface area contributed by atoms with Crippen LogP contribution < -0.4 is 10.9 Å². The number of rotatable bonds is 3. The molecule has 0 radical (unpaired) electrons. The minimum atomic E-state index is -1.01. The van der Waals surface area contributed by atoms with Crippen molar-refractivity contribution >= 4 is 17.6 Å². The van der Waals surface area contributed by atoms with E-state index in [-0.39, 0.29) is 17.0 Å². The molecule has 7 nitrogen and oxygen atoms in total. The molecular formula is C21H18N4O3. The van der Waals surface area contributed by atoms with Crippen LogP contribution in [0, 0.1) is 6.92 Å². The van der Waals surface area contributed by atoms with Gasteiger partial charge in [-0.3, -0.25) is 19.1 Å². The summed E-state index contributed by atoms with van der Waals surface area (Å²) in [6.07, 6.45) is 0. The summed E-state index contributed by atoms with van der Waals surface area (Å²) in [5.41, 5.74) is 1.70. The standard InChI is InChI=1S/C21H18N4O3/c1-13-16(21(28)25(24(13)2)15-11-7-4-8-12-15)18-22-19(26)17(20(27)23-18)14-9-5-3-6-10-14/h3-12,17H,1-2H3,(H,22,23,26,27). The first-order chi connectivity index (χ1) is 13.5. The molecule has 1 aliphatic rings. The van der Waals surface area contributed by atoms with Crippen LogP contribution in [0.25, 0.3) is 5.69 Å². The molecule has 3 aromatic rings. The van der Waals surface area contributed by atoms with Crippen molar-refractivity contribution in [2.24, 2.45) is 12.0 Å². The van der Waals surface area contributed by atoms with Crippen LogP contribution in [0.2, 0.25) is 0 Å². The van der Waals surface area contributed by atoms with Gasteiger partial charge in [0.05, 0.1) is 5.69 Å². The molecule has 28 heavy (non-hydrogen) atoms. The number of para-hydroxylation sites is 1. The third-order valence-corrected chi connectivity index (χ3v) is 4.90. The van der Waals surface area contributed by atoms with Gasteiger partial charge < -0.3 is 5.32 Å². The number of nitrogens with zero attached hydrogens (tertiary/aromatic N) is 3. The second-order valence-electron chi connectivity index (χ2n) is 6.57. The van der Waals surface area contributed by atoms with Crippen LogP contribution in [-0.2, 0) is 16.6 Å². The van der Waals surface area contributed by atoms with Crippen LogP contribution >= 0.6 is 0 Å². The van der Waals surface area contributed by atoms with Gasteiger partial charge >= 0.3 is 0 Å². The van der Waals surface area contributed by atoms with Crippen LogP contribution in [-0.4, -0.2) is 27.0 Å². The smallest absolute Gasteiger partial charge is 0.282 e. The SMILES string of the molecule is Cc1c(C2=NC(=O)[C@@H](c3ccccc3)C(=O)N2)c(=O)n(-c2ccccc2)n1C. The van der Waals surface area contributed by atoms with Crippen molar-refractivity contribution in [1.82, 2.24) is 14.7 Å². The molecule has 0 unspecified atom stereocenters. The van der Waals surface area contributed by atoms with Gasteiger partial charge in [0.15, 0.2) is 5.84 Å². The van der Waals surface area contributed by atoms with E-state index in [4.69, 9.17) is 0 Å². The zero-order chi connectivity index (χ0) is 19.8. The number of hydrogen-bond donors (Lipinski definition) is 1. The predicted molar refractivity (Wildman–Crippen MR) is 105 cm³/mol. The van der Waals surface area contributed by atoms with Gasteiger partial charge in [0, 0.05) is 12.7 Å². The first kappa shape index (κ1) is 17.7. The van der Waals surface area contributed by atoms with Crippen LogP contribution in [0.1, 0.15) is 22.7 Å². The van der Waals surface area contributed by atoms with Crippen molar-refractivity contribution in [3.63, 3.8) is 0 Å². The van der Waals surface area contributed by atoms with E-state index in [1.165, 1.54) is 4.68 Å². The Kier molecular flexibility index (Phi) is 4.27. The largest absolute Gasteiger partial charge is 0.309 e. The summed E-state index contributed by atoms with van der Waals surface area (Å²) in [5.74, 6) is -2.09. The second kappa shape index (κ2) is 6.77. The molecule has 7 heteroatoms. The van der Waals surface area contributed by atoms with E-state index in [1.807, 2.05) is 36.4 Å². The highest BCUT2D eigenvalue weighted by molar-refractivity contribution is 6.23. The molecule has 2 heterocycles. The molecule has 0 aliphatic carbocycles. The van der Waals surface area contributed by atoms with Gasteiger partial charge in [0.2, 0.25) is 5.91 Å². The van der Waals surface area contributed by atoms with E-state index in [0.29, 0.717) is 16.9 Å². The predicted octanol–water partition coefficient (Wildman–Crippen LogP) is 1.67. The maximum Gasteiger partial charge on any atom is 0.282 e. The van der Waals surface area contributed by atoms with Gasteiger partial charge in [-0.2, -0.15) is 4.99 Å². The van der Waals surface area contributed by atoms with Crippen LogP contribution in [0.3, 0.4) is 0 Å². The minimum absolute atomic E-state index is 0.00466. The molecule has 2 amide bonds. The van der Waals surface area contributed by atoms with Crippen molar-refractivity contribution in [3.05, 3.63) is 87.8 Å². The van der Waals surface area contributed by atoms with Crippen LogP contribution in [0.5, 0.6) is 0 Å². The fraction of sp³-hybridized carbons (Fsp3) is 0.143. The number of aliphatic imine (C=N–C) groups is 1. The summed E-state index contributed by atoms with van der Waals surface area (Å²) in [5, 5.41) is 2.65. The van der Waals surface area contributed by atoms with E-state index in [0.717, 1.165) is 0 Å². The Labute approximate surface area is 160 Å². The summed E-state index contributed by atoms with van der Waals surface area (Å²) in [7, 11) is 1.74. The lowest BCUT2D eigenvalue weighted by Gasteiger charge is -2.20. The molecule has 0 saturated heterocycles. The topological polar surface area (TPSA) is 85.5 Å². The zero-order valence-electron chi connectivity index (χ0n) is 15.4. The highest BCUT2D eigenvalue weighted by Crippen LogP contribution is 2.21. The number of nitrogens with one attached hydrogen (secondary N) is 1. The third-order valence-electron chi connectivity index (χ3n) is 4.90. The Hall–Kier alpha value is -3.74. The van der Waals surface area contributed by atoms with Crippen molar-refractivity contribution in [3.8, 4) is 5.69 Å². The lowest BCUT2D eigenvalue weighted by atomic mass is 9.96. The molecule has 0 bridgehead atoms. The lowest BCUT2D eigenvalue weighted by molar-refractivity contribution is -0.129. The van der Waals surface area contributed by atoms with E-state index in [2.05, 4.69) is 10.3 Å². The molecule has 0 fully saturated rings. The molecular weight excluding hydrogens is 356 g/mol. The lowest BCUT2D eigenvalue weighted by Crippen LogP contribution is -2.44. The Morgan fingerprint density at radius 1 is 0.929 bits per heavy atom. The van der Waals surface area contributed by atoms with Gasteiger partial charge in [-0.05, 0) is 24.6 Å².